The zero-order valence-corrected chi connectivity index (χ0v) is 16.6. The van der Waals surface area contributed by atoms with Crippen LogP contribution in [0.4, 0.5) is 5.69 Å². The lowest BCUT2D eigenvalue weighted by molar-refractivity contribution is -0.139. The van der Waals surface area contributed by atoms with Gasteiger partial charge in [-0.1, -0.05) is 12.1 Å². The maximum absolute atomic E-state index is 12.0. The number of anilines is 1. The van der Waals surface area contributed by atoms with E-state index in [2.05, 4.69) is 39.9 Å². The molecule has 0 aliphatic rings. The van der Waals surface area contributed by atoms with Gasteiger partial charge in [0.1, 0.15) is 0 Å². The van der Waals surface area contributed by atoms with Gasteiger partial charge >= 0.3 is 11.8 Å². The number of rotatable bonds is 10. The predicted octanol–water partition coefficient (Wildman–Crippen LogP) is 0.140. The molecule has 28 heavy (non-hydrogen) atoms. The van der Waals surface area contributed by atoms with Gasteiger partial charge in [-0.25, -0.2) is 5.43 Å². The van der Waals surface area contributed by atoms with E-state index >= 15 is 0 Å². The summed E-state index contributed by atoms with van der Waals surface area (Å²) in [5.74, 6) is -2.10. The number of nitrogens with one attached hydrogen (secondary N) is 3. The van der Waals surface area contributed by atoms with E-state index < -0.39 is 11.8 Å². The molecule has 3 amide bonds. The number of benzene rings is 1. The van der Waals surface area contributed by atoms with Crippen molar-refractivity contribution in [2.75, 3.05) is 31.1 Å². The van der Waals surface area contributed by atoms with Gasteiger partial charge in [0.2, 0.25) is 5.91 Å². The van der Waals surface area contributed by atoms with Crippen molar-refractivity contribution in [2.24, 2.45) is 5.10 Å². The number of aliphatic hydroxyl groups excluding tert-OH is 1. The van der Waals surface area contributed by atoms with Crippen molar-refractivity contribution >= 4 is 29.1 Å². The molecule has 9 nitrogen and oxygen atoms in total. The molecule has 9 heteroatoms. The van der Waals surface area contributed by atoms with Gasteiger partial charge in [-0.15, -0.1) is 0 Å². The Bertz CT molecular complexity index is 684. The molecule has 0 aliphatic carbocycles. The van der Waals surface area contributed by atoms with E-state index in [-0.39, 0.29) is 25.5 Å². The minimum Gasteiger partial charge on any atom is -0.395 e. The summed E-state index contributed by atoms with van der Waals surface area (Å²) in [6, 6.07) is 8.00. The Kier molecular flexibility index (Phi) is 10.3. The van der Waals surface area contributed by atoms with Crippen LogP contribution in [-0.2, 0) is 20.9 Å². The van der Waals surface area contributed by atoms with Crippen LogP contribution >= 0.6 is 0 Å². The molecule has 4 N–H and O–H groups in total. The van der Waals surface area contributed by atoms with E-state index in [1.54, 1.807) is 6.92 Å². The van der Waals surface area contributed by atoms with Crippen molar-refractivity contribution in [2.45, 2.75) is 33.7 Å². The average Bonchev–Trinajstić information content (AvgIpc) is 2.70. The van der Waals surface area contributed by atoms with Crippen LogP contribution in [-0.4, -0.2) is 54.8 Å². The third kappa shape index (κ3) is 8.17. The summed E-state index contributed by atoms with van der Waals surface area (Å²) in [5.41, 5.74) is 4.55. The molecule has 0 unspecified atom stereocenters. The number of hydrazone groups is 1. The quantitative estimate of drug-likeness (QED) is 0.257. The topological polar surface area (TPSA) is 123 Å². The molecule has 0 aliphatic heterocycles. The Balaban J connectivity index is 2.43. The summed E-state index contributed by atoms with van der Waals surface area (Å²) in [6.07, 6.45) is -0.00390. The summed E-state index contributed by atoms with van der Waals surface area (Å²) in [7, 11) is 0. The Hall–Kier alpha value is -2.94. The summed E-state index contributed by atoms with van der Waals surface area (Å²) >= 11 is 0. The van der Waals surface area contributed by atoms with Crippen LogP contribution in [0.25, 0.3) is 0 Å². The molecular formula is C19H29N5O4. The van der Waals surface area contributed by atoms with Crippen molar-refractivity contribution in [1.82, 2.24) is 16.1 Å². The van der Waals surface area contributed by atoms with Gasteiger partial charge < -0.3 is 20.6 Å². The first-order chi connectivity index (χ1) is 13.4. The predicted molar refractivity (Wildman–Crippen MR) is 108 cm³/mol. The number of nitrogens with zero attached hydrogens (tertiary/aromatic N) is 2. The molecule has 0 radical (unpaired) electrons. The maximum Gasteiger partial charge on any atom is 0.329 e. The summed E-state index contributed by atoms with van der Waals surface area (Å²) in [6.45, 7) is 7.75. The Morgan fingerprint density at radius 1 is 1.04 bits per heavy atom. The van der Waals surface area contributed by atoms with Gasteiger partial charge in [0, 0.05) is 37.6 Å². The molecule has 0 saturated carbocycles. The van der Waals surface area contributed by atoms with Gasteiger partial charge in [0.05, 0.1) is 13.0 Å². The highest BCUT2D eigenvalue weighted by molar-refractivity contribution is 6.35. The van der Waals surface area contributed by atoms with Crippen molar-refractivity contribution < 1.29 is 19.5 Å². The molecule has 1 aromatic rings. The maximum atomic E-state index is 12.0. The standard InChI is InChI=1S/C19H29N5O4/c1-4-24(5-2)16-8-6-15(7-9-16)13-21-17(26)12-14(3)22-23-19(28)18(27)20-10-11-25/h6-9,25H,4-5,10-13H2,1-3H3,(H,20,27)(H,21,26)(H,23,28)/b22-14+. The first-order valence-electron chi connectivity index (χ1n) is 9.24. The molecule has 0 fully saturated rings. The van der Waals surface area contributed by atoms with E-state index in [0.29, 0.717) is 12.3 Å². The largest absolute Gasteiger partial charge is 0.395 e. The van der Waals surface area contributed by atoms with Gasteiger partial charge in [-0.3, -0.25) is 14.4 Å². The zero-order chi connectivity index (χ0) is 20.9. The molecule has 1 aromatic carbocycles. The molecule has 0 heterocycles. The van der Waals surface area contributed by atoms with Crippen LogP contribution < -0.4 is 21.0 Å². The number of hydrogen-bond donors (Lipinski definition) is 4. The van der Waals surface area contributed by atoms with E-state index in [1.807, 2.05) is 24.3 Å². The molecular weight excluding hydrogens is 362 g/mol. The first kappa shape index (κ1) is 23.1. The molecule has 0 aromatic heterocycles. The second-order valence-corrected chi connectivity index (χ2v) is 6.06. The Morgan fingerprint density at radius 3 is 2.25 bits per heavy atom. The highest BCUT2D eigenvalue weighted by atomic mass is 16.3. The highest BCUT2D eigenvalue weighted by Gasteiger charge is 2.12. The van der Waals surface area contributed by atoms with Gasteiger partial charge in [0.25, 0.3) is 0 Å². The number of amides is 3. The summed E-state index contributed by atoms with van der Waals surface area (Å²) in [5, 5.41) is 17.3. The fourth-order valence-corrected chi connectivity index (χ4v) is 2.40. The zero-order valence-electron chi connectivity index (χ0n) is 16.6. The summed E-state index contributed by atoms with van der Waals surface area (Å²) in [4.78, 5) is 37.0. The molecule has 0 spiro atoms. The molecule has 154 valence electrons. The lowest BCUT2D eigenvalue weighted by Gasteiger charge is -2.21. The van der Waals surface area contributed by atoms with Crippen molar-refractivity contribution in [3.8, 4) is 0 Å². The van der Waals surface area contributed by atoms with Gasteiger partial charge in [0.15, 0.2) is 0 Å². The monoisotopic (exact) mass is 391 g/mol. The number of carbonyl (C=O) groups excluding carboxylic acids is 3. The van der Waals surface area contributed by atoms with Gasteiger partial charge in [-0.2, -0.15) is 5.10 Å². The van der Waals surface area contributed by atoms with Crippen molar-refractivity contribution in [3.05, 3.63) is 29.8 Å². The second-order valence-electron chi connectivity index (χ2n) is 6.06. The van der Waals surface area contributed by atoms with E-state index in [9.17, 15) is 14.4 Å². The number of hydrogen-bond acceptors (Lipinski definition) is 6. The molecule has 0 atom stereocenters. The van der Waals surface area contributed by atoms with E-state index in [1.165, 1.54) is 0 Å². The lowest BCUT2D eigenvalue weighted by atomic mass is 10.2. The van der Waals surface area contributed by atoms with Crippen LogP contribution in [0.15, 0.2) is 29.4 Å². The summed E-state index contributed by atoms with van der Waals surface area (Å²) < 4.78 is 0. The molecule has 1 rings (SSSR count). The third-order valence-corrected chi connectivity index (χ3v) is 3.92. The van der Waals surface area contributed by atoms with Crippen LogP contribution in [0.5, 0.6) is 0 Å². The Morgan fingerprint density at radius 2 is 1.68 bits per heavy atom. The normalized spacial score (nSPS) is 10.9. The van der Waals surface area contributed by atoms with Crippen LogP contribution in [0.2, 0.25) is 0 Å². The smallest absolute Gasteiger partial charge is 0.329 e. The van der Waals surface area contributed by atoms with Gasteiger partial charge in [-0.05, 0) is 38.5 Å². The average molecular weight is 391 g/mol. The van der Waals surface area contributed by atoms with E-state index in [0.717, 1.165) is 24.3 Å². The lowest BCUT2D eigenvalue weighted by Crippen LogP contribution is -2.39. The first-order valence-corrected chi connectivity index (χ1v) is 9.24. The van der Waals surface area contributed by atoms with E-state index in [4.69, 9.17) is 5.11 Å². The highest BCUT2D eigenvalue weighted by Crippen LogP contribution is 2.14. The molecule has 0 saturated heterocycles. The number of carbonyl (C=O) groups is 3. The SMILES string of the molecule is CCN(CC)c1ccc(CNC(=O)C/C(C)=N/NC(=O)C(=O)NCCO)cc1. The fraction of sp³-hybridized carbons (Fsp3) is 0.474. The fourth-order valence-electron chi connectivity index (χ4n) is 2.40. The van der Waals surface area contributed by atoms with Crippen molar-refractivity contribution in [1.29, 1.82) is 0 Å². The third-order valence-electron chi connectivity index (χ3n) is 3.92. The van der Waals surface area contributed by atoms with Crippen LogP contribution in [0.1, 0.15) is 32.8 Å². The van der Waals surface area contributed by atoms with Crippen molar-refractivity contribution in [3.63, 3.8) is 0 Å². The Labute approximate surface area is 165 Å². The minimum atomic E-state index is -0.957. The second kappa shape index (κ2) is 12.4. The van der Waals surface area contributed by atoms with Crippen LogP contribution in [0.3, 0.4) is 0 Å². The number of aliphatic hydroxyl groups is 1. The van der Waals surface area contributed by atoms with Crippen LogP contribution in [0, 0.1) is 0 Å². The molecule has 0 bridgehead atoms. The minimum absolute atomic E-state index is 0.00390.